The highest BCUT2D eigenvalue weighted by Gasteiger charge is 2.23. The maximum atomic E-state index is 10.8. The second kappa shape index (κ2) is 6.04. The zero-order chi connectivity index (χ0) is 13.0. The Kier molecular flexibility index (Phi) is 4.41. The zero-order valence-electron chi connectivity index (χ0n) is 10.4. The molecule has 1 unspecified atom stereocenters. The van der Waals surface area contributed by atoms with Crippen LogP contribution < -0.4 is 4.90 Å². The number of hydrogen-bond donors (Lipinski definition) is 1. The van der Waals surface area contributed by atoms with E-state index in [1.54, 1.807) is 18.1 Å². The number of aromatic nitrogens is 2. The second-order valence-corrected chi connectivity index (χ2v) is 5.30. The van der Waals surface area contributed by atoms with Crippen molar-refractivity contribution in [3.8, 4) is 0 Å². The average molecular weight is 267 g/mol. The molecule has 1 aliphatic rings. The topological polar surface area (TPSA) is 66.3 Å². The van der Waals surface area contributed by atoms with E-state index in [4.69, 9.17) is 5.11 Å². The lowest BCUT2D eigenvalue weighted by Gasteiger charge is -2.32. The Morgan fingerprint density at radius 3 is 3.17 bits per heavy atom. The minimum absolute atomic E-state index is 0.226. The number of rotatable bonds is 4. The Labute approximate surface area is 111 Å². The summed E-state index contributed by atoms with van der Waals surface area (Å²) < 4.78 is 0. The summed E-state index contributed by atoms with van der Waals surface area (Å²) >= 11 is 1.59. The first kappa shape index (κ1) is 13.1. The van der Waals surface area contributed by atoms with Crippen molar-refractivity contribution in [3.05, 3.63) is 12.4 Å². The number of thioether (sulfide) groups is 1. The summed E-state index contributed by atoms with van der Waals surface area (Å²) in [4.78, 5) is 21.4. The molecule has 1 N–H and O–H groups in total. The summed E-state index contributed by atoms with van der Waals surface area (Å²) in [6.45, 7) is 1.72. The van der Waals surface area contributed by atoms with Gasteiger partial charge in [0.15, 0.2) is 0 Å². The molecule has 98 valence electrons. The van der Waals surface area contributed by atoms with Gasteiger partial charge in [-0.2, -0.15) is 0 Å². The molecule has 6 heteroatoms. The van der Waals surface area contributed by atoms with E-state index in [1.807, 2.05) is 12.3 Å². The van der Waals surface area contributed by atoms with Crippen molar-refractivity contribution in [2.24, 2.45) is 5.92 Å². The monoisotopic (exact) mass is 267 g/mol. The first-order valence-corrected chi connectivity index (χ1v) is 7.24. The zero-order valence-corrected chi connectivity index (χ0v) is 11.2. The molecule has 1 fully saturated rings. The molecule has 1 aliphatic heterocycles. The van der Waals surface area contributed by atoms with Gasteiger partial charge < -0.3 is 10.0 Å². The van der Waals surface area contributed by atoms with Crippen LogP contribution in [0.25, 0.3) is 0 Å². The summed E-state index contributed by atoms with van der Waals surface area (Å²) in [5.74, 6) is 0.419. The number of carbonyl (C=O) groups is 1. The molecular formula is C12H17N3O2S. The van der Waals surface area contributed by atoms with E-state index in [2.05, 4.69) is 14.9 Å². The molecule has 2 heterocycles. The highest BCUT2D eigenvalue weighted by atomic mass is 32.2. The molecule has 2 rings (SSSR count). The molecule has 0 bridgehead atoms. The van der Waals surface area contributed by atoms with E-state index < -0.39 is 5.97 Å². The van der Waals surface area contributed by atoms with Crippen LogP contribution in [0.3, 0.4) is 0 Å². The van der Waals surface area contributed by atoms with Crippen LogP contribution >= 0.6 is 11.8 Å². The molecule has 0 saturated carbocycles. The van der Waals surface area contributed by atoms with Crippen molar-refractivity contribution in [1.82, 2.24) is 9.97 Å². The molecule has 0 aliphatic carbocycles. The number of carboxylic acids is 1. The smallest absolute Gasteiger partial charge is 0.303 e. The predicted octanol–water partition coefficient (Wildman–Crippen LogP) is 1.89. The maximum Gasteiger partial charge on any atom is 0.303 e. The van der Waals surface area contributed by atoms with Crippen molar-refractivity contribution in [2.75, 3.05) is 24.2 Å². The van der Waals surface area contributed by atoms with Crippen LogP contribution in [0.15, 0.2) is 17.4 Å². The van der Waals surface area contributed by atoms with Crippen molar-refractivity contribution in [1.29, 1.82) is 0 Å². The van der Waals surface area contributed by atoms with Crippen molar-refractivity contribution in [3.63, 3.8) is 0 Å². The van der Waals surface area contributed by atoms with E-state index in [0.29, 0.717) is 0 Å². The van der Waals surface area contributed by atoms with Crippen molar-refractivity contribution < 1.29 is 9.90 Å². The van der Waals surface area contributed by atoms with Gasteiger partial charge in [-0.05, 0) is 25.0 Å². The lowest BCUT2D eigenvalue weighted by molar-refractivity contribution is -0.138. The number of carboxylic acid groups (broad SMARTS) is 1. The molecule has 0 spiro atoms. The number of piperidine rings is 1. The molecule has 1 aromatic heterocycles. The van der Waals surface area contributed by atoms with Gasteiger partial charge in [0.05, 0.1) is 0 Å². The third kappa shape index (κ3) is 3.35. The molecule has 5 nitrogen and oxygen atoms in total. The number of hydrogen-bond acceptors (Lipinski definition) is 5. The lowest BCUT2D eigenvalue weighted by Crippen LogP contribution is -2.36. The summed E-state index contributed by atoms with van der Waals surface area (Å²) in [5, 5.41) is 9.80. The lowest BCUT2D eigenvalue weighted by atomic mass is 9.95. The minimum atomic E-state index is -0.714. The molecule has 1 saturated heterocycles. The van der Waals surface area contributed by atoms with E-state index in [-0.39, 0.29) is 12.3 Å². The molecule has 1 aromatic rings. The standard InChI is InChI=1S/C12H17N3O2S/c1-18-11-6-10(13-8-14-11)15-4-2-3-9(7-15)5-12(16)17/h6,8-9H,2-5,7H2,1H3,(H,16,17). The van der Waals surface area contributed by atoms with Crippen LogP contribution in [-0.2, 0) is 4.79 Å². The van der Waals surface area contributed by atoms with E-state index in [0.717, 1.165) is 36.8 Å². The highest BCUT2D eigenvalue weighted by molar-refractivity contribution is 7.98. The van der Waals surface area contributed by atoms with Crippen molar-refractivity contribution >= 4 is 23.5 Å². The van der Waals surface area contributed by atoms with Crippen LogP contribution in [0, 0.1) is 5.92 Å². The van der Waals surface area contributed by atoms with Gasteiger partial charge in [-0.25, -0.2) is 9.97 Å². The number of nitrogens with zero attached hydrogens (tertiary/aromatic N) is 3. The third-order valence-electron chi connectivity index (χ3n) is 3.14. The summed E-state index contributed by atoms with van der Waals surface area (Å²) in [6.07, 6.45) is 5.81. The van der Waals surface area contributed by atoms with Gasteiger partial charge in [0.25, 0.3) is 0 Å². The van der Waals surface area contributed by atoms with Crippen LogP contribution in [-0.4, -0.2) is 40.4 Å². The normalized spacial score (nSPS) is 19.8. The van der Waals surface area contributed by atoms with E-state index in [1.165, 1.54) is 0 Å². The Bertz CT molecular complexity index is 428. The Balaban J connectivity index is 2.05. The second-order valence-electron chi connectivity index (χ2n) is 4.47. The molecule has 0 amide bonds. The average Bonchev–Trinajstić information content (AvgIpc) is 2.38. The van der Waals surface area contributed by atoms with Gasteiger partial charge in [0.1, 0.15) is 17.2 Å². The Morgan fingerprint density at radius 1 is 1.61 bits per heavy atom. The van der Waals surface area contributed by atoms with Gasteiger partial charge in [0, 0.05) is 25.6 Å². The third-order valence-corrected chi connectivity index (χ3v) is 3.78. The summed E-state index contributed by atoms with van der Waals surface area (Å²) in [5.41, 5.74) is 0. The summed E-state index contributed by atoms with van der Waals surface area (Å²) in [6, 6.07) is 1.97. The molecular weight excluding hydrogens is 250 g/mol. The number of anilines is 1. The molecule has 18 heavy (non-hydrogen) atoms. The SMILES string of the molecule is CSc1cc(N2CCCC(CC(=O)O)C2)ncn1. The summed E-state index contributed by atoms with van der Waals surface area (Å²) in [7, 11) is 0. The fourth-order valence-corrected chi connectivity index (χ4v) is 2.68. The van der Waals surface area contributed by atoms with Gasteiger partial charge in [-0.3, -0.25) is 4.79 Å². The van der Waals surface area contributed by atoms with Crippen LogP contribution in [0.2, 0.25) is 0 Å². The maximum absolute atomic E-state index is 10.8. The molecule has 0 radical (unpaired) electrons. The van der Waals surface area contributed by atoms with Gasteiger partial charge in [0.2, 0.25) is 0 Å². The first-order chi connectivity index (χ1) is 8.69. The van der Waals surface area contributed by atoms with Gasteiger partial charge in [-0.1, -0.05) is 0 Å². The van der Waals surface area contributed by atoms with E-state index >= 15 is 0 Å². The van der Waals surface area contributed by atoms with Crippen LogP contribution in [0.5, 0.6) is 0 Å². The van der Waals surface area contributed by atoms with Crippen molar-refractivity contribution in [2.45, 2.75) is 24.3 Å². The Hall–Kier alpha value is -1.30. The minimum Gasteiger partial charge on any atom is -0.481 e. The fourth-order valence-electron chi connectivity index (χ4n) is 2.30. The van der Waals surface area contributed by atoms with E-state index in [9.17, 15) is 4.79 Å². The molecule has 1 atom stereocenters. The molecule has 0 aromatic carbocycles. The largest absolute Gasteiger partial charge is 0.481 e. The highest BCUT2D eigenvalue weighted by Crippen LogP contribution is 2.25. The van der Waals surface area contributed by atoms with Crippen LogP contribution in [0.1, 0.15) is 19.3 Å². The quantitative estimate of drug-likeness (QED) is 0.664. The fraction of sp³-hybridized carbons (Fsp3) is 0.583. The van der Waals surface area contributed by atoms with Crippen LogP contribution in [0.4, 0.5) is 5.82 Å². The number of aliphatic carboxylic acids is 1. The Morgan fingerprint density at radius 2 is 2.44 bits per heavy atom. The first-order valence-electron chi connectivity index (χ1n) is 6.02. The predicted molar refractivity (Wildman–Crippen MR) is 71.0 cm³/mol. The van der Waals surface area contributed by atoms with Gasteiger partial charge >= 0.3 is 5.97 Å². The van der Waals surface area contributed by atoms with Gasteiger partial charge in [-0.15, -0.1) is 11.8 Å².